The van der Waals surface area contributed by atoms with Crippen LogP contribution in [-0.2, 0) is 16.4 Å². The highest BCUT2D eigenvalue weighted by Crippen LogP contribution is 2.54. The Bertz CT molecular complexity index is 1270. The lowest BCUT2D eigenvalue weighted by Gasteiger charge is -2.63. The SMILES string of the molecule is Cc1ccc(CCS(=O)(=O)N2CC3(CN(C(=O)N4CC5(CC(n6cnc(C7CC7)n6)C5)C4)C3)C2)cc1. The molecule has 2 aliphatic carbocycles. The Hall–Kier alpha value is -2.46. The number of nitrogens with zero attached hydrogens (tertiary/aromatic N) is 6. The van der Waals surface area contributed by atoms with Crippen molar-refractivity contribution in [2.24, 2.45) is 10.8 Å². The van der Waals surface area contributed by atoms with Crippen LogP contribution in [0.4, 0.5) is 4.79 Å². The van der Waals surface area contributed by atoms with Gasteiger partial charge >= 0.3 is 6.03 Å². The highest BCUT2D eigenvalue weighted by Gasteiger charge is 2.59. The van der Waals surface area contributed by atoms with Gasteiger partial charge in [-0.2, -0.15) is 5.10 Å². The zero-order chi connectivity index (χ0) is 24.7. The summed E-state index contributed by atoms with van der Waals surface area (Å²) in [5.41, 5.74) is 2.44. The zero-order valence-electron chi connectivity index (χ0n) is 20.8. The first kappa shape index (κ1) is 22.7. The van der Waals surface area contributed by atoms with Gasteiger partial charge in [-0.3, -0.25) is 0 Å². The average molecular weight is 511 g/mol. The van der Waals surface area contributed by atoms with Gasteiger partial charge in [0.05, 0.1) is 11.8 Å². The zero-order valence-corrected chi connectivity index (χ0v) is 21.7. The van der Waals surface area contributed by atoms with Gasteiger partial charge in [-0.1, -0.05) is 29.8 Å². The van der Waals surface area contributed by atoms with Gasteiger partial charge in [0.2, 0.25) is 10.0 Å². The number of hydrogen-bond acceptors (Lipinski definition) is 5. The van der Waals surface area contributed by atoms with Crippen molar-refractivity contribution < 1.29 is 13.2 Å². The first-order chi connectivity index (χ1) is 17.2. The molecule has 2 amide bonds. The van der Waals surface area contributed by atoms with Gasteiger partial charge in [-0.15, -0.1) is 0 Å². The van der Waals surface area contributed by atoms with Crippen LogP contribution in [0.2, 0.25) is 0 Å². The lowest BCUT2D eigenvalue weighted by atomic mass is 9.60. The normalized spacial score (nSPS) is 24.8. The second kappa shape index (κ2) is 7.77. The molecule has 3 saturated heterocycles. The van der Waals surface area contributed by atoms with Gasteiger partial charge in [0.25, 0.3) is 0 Å². The van der Waals surface area contributed by atoms with Gasteiger partial charge in [-0.05, 0) is 44.6 Å². The van der Waals surface area contributed by atoms with Gasteiger partial charge < -0.3 is 9.80 Å². The van der Waals surface area contributed by atoms with Crippen molar-refractivity contribution in [2.75, 3.05) is 45.0 Å². The maximum Gasteiger partial charge on any atom is 0.320 e. The van der Waals surface area contributed by atoms with Crippen LogP contribution in [0.5, 0.6) is 0 Å². The average Bonchev–Trinajstić information content (AvgIpc) is 3.47. The Balaban J connectivity index is 0.843. The second-order valence-corrected chi connectivity index (χ2v) is 14.3. The fraction of sp³-hybridized carbons (Fsp3) is 0.654. The third-order valence-corrected chi connectivity index (χ3v) is 10.8. The molecule has 36 heavy (non-hydrogen) atoms. The number of carbonyl (C=O) groups is 1. The molecule has 2 spiro atoms. The molecule has 7 rings (SSSR count). The topological polar surface area (TPSA) is 91.6 Å². The van der Waals surface area contributed by atoms with Crippen molar-refractivity contribution >= 4 is 16.1 Å². The van der Waals surface area contributed by atoms with Gasteiger partial charge in [-0.25, -0.2) is 27.2 Å². The number of benzene rings is 1. The number of rotatable bonds is 6. The van der Waals surface area contributed by atoms with Crippen molar-refractivity contribution in [2.45, 2.75) is 51.0 Å². The van der Waals surface area contributed by atoms with Crippen LogP contribution >= 0.6 is 0 Å². The minimum absolute atomic E-state index is 0.0386. The molecule has 0 bridgehead atoms. The molecule has 1 aromatic carbocycles. The molecule has 3 aliphatic heterocycles. The fourth-order valence-electron chi connectivity index (χ4n) is 6.60. The molecule has 9 nitrogen and oxygen atoms in total. The van der Waals surface area contributed by atoms with E-state index in [0.717, 1.165) is 37.3 Å². The maximum absolute atomic E-state index is 13.0. The Kier molecular flexibility index (Phi) is 4.90. The van der Waals surface area contributed by atoms with Crippen molar-refractivity contribution in [1.29, 1.82) is 0 Å². The quantitative estimate of drug-likeness (QED) is 0.595. The van der Waals surface area contributed by atoms with E-state index in [9.17, 15) is 13.2 Å². The van der Waals surface area contributed by atoms with E-state index < -0.39 is 10.0 Å². The van der Waals surface area contributed by atoms with E-state index in [4.69, 9.17) is 0 Å². The molecule has 4 heterocycles. The van der Waals surface area contributed by atoms with Crippen LogP contribution in [0, 0.1) is 17.8 Å². The first-order valence-corrected chi connectivity index (χ1v) is 14.8. The summed E-state index contributed by atoms with van der Waals surface area (Å²) in [6, 6.07) is 8.58. The number of urea groups is 1. The number of amides is 2. The molecule has 5 aliphatic rings. The summed E-state index contributed by atoms with van der Waals surface area (Å²) in [7, 11) is -3.26. The third-order valence-electron chi connectivity index (χ3n) is 9.01. The molecule has 0 N–H and O–H groups in total. The van der Waals surface area contributed by atoms with Crippen molar-refractivity contribution in [3.63, 3.8) is 0 Å². The van der Waals surface area contributed by atoms with Crippen LogP contribution in [0.15, 0.2) is 30.6 Å². The van der Waals surface area contributed by atoms with Crippen molar-refractivity contribution in [3.8, 4) is 0 Å². The number of likely N-dealkylation sites (tertiary alicyclic amines) is 2. The standard InChI is InChI=1S/C26H34N6O3S/c1-19-2-4-20(5-3-19)8-9-36(34,35)31-16-26(17-31)14-30(15-26)24(33)29-12-25(13-29)10-22(11-25)32-18-27-23(28-32)21-6-7-21/h2-5,18,21-22H,6-17H2,1H3. The summed E-state index contributed by atoms with van der Waals surface area (Å²) in [4.78, 5) is 21.3. The summed E-state index contributed by atoms with van der Waals surface area (Å²) < 4.78 is 29.2. The van der Waals surface area contributed by atoms with Crippen LogP contribution in [0.25, 0.3) is 0 Å². The molecule has 2 aromatic rings. The Morgan fingerprint density at radius 1 is 0.972 bits per heavy atom. The molecular formula is C26H34N6O3S. The second-order valence-electron chi connectivity index (χ2n) is 12.2. The molecular weight excluding hydrogens is 476 g/mol. The Labute approximate surface area is 212 Å². The largest absolute Gasteiger partial charge is 0.323 e. The van der Waals surface area contributed by atoms with E-state index in [0.29, 0.717) is 44.6 Å². The minimum atomic E-state index is -3.26. The van der Waals surface area contributed by atoms with Gasteiger partial charge in [0, 0.05) is 56.0 Å². The summed E-state index contributed by atoms with van der Waals surface area (Å²) in [5, 5.41) is 4.68. The highest BCUT2D eigenvalue weighted by atomic mass is 32.2. The predicted molar refractivity (Wildman–Crippen MR) is 134 cm³/mol. The minimum Gasteiger partial charge on any atom is -0.323 e. The summed E-state index contributed by atoms with van der Waals surface area (Å²) in [6.07, 6.45) is 7.00. The van der Waals surface area contributed by atoms with E-state index in [2.05, 4.69) is 10.1 Å². The van der Waals surface area contributed by atoms with Crippen LogP contribution in [0.3, 0.4) is 0 Å². The Morgan fingerprint density at radius 3 is 2.25 bits per heavy atom. The Morgan fingerprint density at radius 2 is 1.61 bits per heavy atom. The molecule has 5 fully saturated rings. The lowest BCUT2D eigenvalue weighted by molar-refractivity contribution is -0.101. The number of sulfonamides is 1. The molecule has 2 saturated carbocycles. The molecule has 0 atom stereocenters. The van der Waals surface area contributed by atoms with Crippen LogP contribution in [0.1, 0.15) is 54.6 Å². The van der Waals surface area contributed by atoms with Crippen LogP contribution in [-0.4, -0.2) is 88.3 Å². The fourth-order valence-corrected chi connectivity index (χ4v) is 8.30. The van der Waals surface area contributed by atoms with E-state index in [1.807, 2.05) is 52.0 Å². The van der Waals surface area contributed by atoms with Gasteiger partial charge in [0.15, 0.2) is 5.82 Å². The van der Waals surface area contributed by atoms with Gasteiger partial charge in [0.1, 0.15) is 6.33 Å². The first-order valence-electron chi connectivity index (χ1n) is 13.2. The molecule has 192 valence electrons. The number of carbonyl (C=O) groups excluding carboxylic acids is 1. The van der Waals surface area contributed by atoms with E-state index in [1.165, 1.54) is 18.4 Å². The summed E-state index contributed by atoms with van der Waals surface area (Å²) in [6.45, 7) is 6.11. The molecule has 10 heteroatoms. The number of hydrogen-bond donors (Lipinski definition) is 0. The summed E-state index contributed by atoms with van der Waals surface area (Å²) >= 11 is 0. The predicted octanol–water partition coefficient (Wildman–Crippen LogP) is 2.41. The third kappa shape index (κ3) is 3.84. The number of aryl methyl sites for hydroxylation is 2. The number of aromatic nitrogens is 3. The van der Waals surface area contributed by atoms with E-state index >= 15 is 0 Å². The van der Waals surface area contributed by atoms with Crippen molar-refractivity contribution in [1.82, 2.24) is 28.9 Å². The monoisotopic (exact) mass is 510 g/mol. The van der Waals surface area contributed by atoms with Crippen molar-refractivity contribution in [3.05, 3.63) is 47.5 Å². The van der Waals surface area contributed by atoms with E-state index in [1.54, 1.807) is 4.31 Å². The smallest absolute Gasteiger partial charge is 0.320 e. The van der Waals surface area contributed by atoms with E-state index in [-0.39, 0.29) is 22.6 Å². The molecule has 0 radical (unpaired) electrons. The molecule has 1 aromatic heterocycles. The maximum atomic E-state index is 13.0. The lowest BCUT2D eigenvalue weighted by Crippen LogP contribution is -2.76. The molecule has 0 unspecified atom stereocenters. The highest BCUT2D eigenvalue weighted by molar-refractivity contribution is 7.89. The van der Waals surface area contributed by atoms with Crippen LogP contribution < -0.4 is 0 Å². The summed E-state index contributed by atoms with van der Waals surface area (Å²) in [5.74, 6) is 1.72.